The van der Waals surface area contributed by atoms with Crippen LogP contribution in [0.25, 0.3) is 0 Å². The number of allylic oxidation sites excluding steroid dienone is 10. The number of ether oxygens (including phenoxy) is 1. The molecule has 3 nitrogen and oxygen atoms in total. The number of carbonyl (C=O) groups is 1. The fourth-order valence-corrected chi connectivity index (χ4v) is 0.205. The minimum Gasteiger partial charge on any atom is -0.460 e. The highest BCUT2D eigenvalue weighted by Crippen LogP contribution is 1.75. The predicted octanol–water partition coefficient (Wildman–Crippen LogP) is 11.6. The van der Waals surface area contributed by atoms with Crippen LogP contribution in [0.5, 0.6) is 0 Å². The molecule has 0 bridgehead atoms. The highest BCUT2D eigenvalue weighted by molar-refractivity contribution is 5.81. The summed E-state index contributed by atoms with van der Waals surface area (Å²) in [7, 11) is 0. The van der Waals surface area contributed by atoms with Gasteiger partial charge in [-0.3, -0.25) is 0 Å². The van der Waals surface area contributed by atoms with Gasteiger partial charge in [0.25, 0.3) is 0 Å². The summed E-state index contributed by atoms with van der Waals surface area (Å²) in [5, 5.41) is 8.10. The van der Waals surface area contributed by atoms with Crippen LogP contribution >= 0.6 is 0 Å². The topological polar surface area (TPSA) is 46.5 Å². The van der Waals surface area contributed by atoms with Crippen molar-refractivity contribution in [1.29, 1.82) is 0 Å². The zero-order valence-corrected chi connectivity index (χ0v) is 27.3. The Balaban J connectivity index is -0.0000000241. The molecule has 0 aromatic carbocycles. The Bertz CT molecular complexity index is 342. The maximum absolute atomic E-state index is 10.1. The zero-order chi connectivity index (χ0) is 33.5. The van der Waals surface area contributed by atoms with Gasteiger partial charge in [0, 0.05) is 6.08 Å². The van der Waals surface area contributed by atoms with E-state index in [9.17, 15) is 4.79 Å². The summed E-state index contributed by atoms with van der Waals surface area (Å²) < 4.78 is 4.33. The molecule has 0 aliphatic carbocycles. The monoisotopic (exact) mass is 537 g/mol. The molecule has 0 aromatic heterocycles. The molecule has 0 aliphatic rings. The Hall–Kier alpha value is -3.43. The molecule has 0 aliphatic heterocycles. The number of hydrogen-bond donors (Lipinski definition) is 1. The number of hydrogen-bond acceptors (Lipinski definition) is 3. The molecule has 3 heteroatoms. The zero-order valence-electron chi connectivity index (χ0n) is 27.3. The van der Waals surface area contributed by atoms with Gasteiger partial charge < -0.3 is 9.84 Å². The van der Waals surface area contributed by atoms with Crippen molar-refractivity contribution in [2.45, 2.75) is 69.2 Å². The molecule has 1 N–H and O–H groups in total. The largest absolute Gasteiger partial charge is 0.460 e. The third-order valence-corrected chi connectivity index (χ3v) is 0.502. The van der Waals surface area contributed by atoms with E-state index in [0.29, 0.717) is 0 Å². The van der Waals surface area contributed by atoms with Gasteiger partial charge in [0.1, 0.15) is 6.61 Å². The van der Waals surface area contributed by atoms with Crippen molar-refractivity contribution in [3.8, 4) is 0 Å². The van der Waals surface area contributed by atoms with Gasteiger partial charge >= 0.3 is 5.97 Å². The van der Waals surface area contributed by atoms with Gasteiger partial charge in [0.05, 0.1) is 6.61 Å². The molecular weight excluding hydrogens is 468 g/mol. The first-order valence-electron chi connectivity index (χ1n) is 12.1. The van der Waals surface area contributed by atoms with E-state index in [1.165, 1.54) is 0 Å². The lowest BCUT2D eigenvalue weighted by Crippen LogP contribution is -2.04. The lowest BCUT2D eigenvalue weighted by Gasteiger charge is -1.94. The van der Waals surface area contributed by atoms with Gasteiger partial charge in [0.15, 0.2) is 0 Å². The average molecular weight is 537 g/mol. The lowest BCUT2D eigenvalue weighted by molar-refractivity contribution is -0.138. The van der Waals surface area contributed by atoms with Gasteiger partial charge in [-0.2, -0.15) is 0 Å². The van der Waals surface area contributed by atoms with Crippen LogP contribution in [0.15, 0.2) is 139 Å². The third kappa shape index (κ3) is 4910. The molecule has 226 valence electrons. The Morgan fingerprint density at radius 3 is 0.684 bits per heavy atom. The molecular formula is C35H68O3. The Morgan fingerprint density at radius 2 is 0.605 bits per heavy atom. The molecule has 0 heterocycles. The standard InChI is InChI=1S/C5H8O3.10C3H6/c1-2-5(7)8-4-3-6;10*1-3-2/h2,6H,1,3-4H2;10*3H,1H2,2H3. The van der Waals surface area contributed by atoms with Crippen molar-refractivity contribution >= 4 is 5.97 Å². The van der Waals surface area contributed by atoms with Crippen molar-refractivity contribution in [1.82, 2.24) is 0 Å². The molecule has 0 radical (unpaired) electrons. The van der Waals surface area contributed by atoms with Gasteiger partial charge in [-0.15, -0.1) is 65.8 Å². The molecule has 0 unspecified atom stereocenters. The summed E-state index contributed by atoms with van der Waals surface area (Å²) in [5.41, 5.74) is 0. The van der Waals surface area contributed by atoms with E-state index in [2.05, 4.69) is 77.1 Å². The van der Waals surface area contributed by atoms with Crippen molar-refractivity contribution in [3.63, 3.8) is 0 Å². The van der Waals surface area contributed by atoms with E-state index in [0.717, 1.165) is 6.08 Å². The summed E-state index contributed by atoms with van der Waals surface area (Å²) in [5.74, 6) is -0.501. The maximum Gasteiger partial charge on any atom is 0.330 e. The van der Waals surface area contributed by atoms with Crippen LogP contribution in [0.2, 0.25) is 0 Å². The maximum atomic E-state index is 10.1. The smallest absolute Gasteiger partial charge is 0.330 e. The van der Waals surface area contributed by atoms with E-state index < -0.39 is 5.97 Å². The molecule has 0 atom stereocenters. The van der Waals surface area contributed by atoms with E-state index in [1.54, 1.807) is 60.8 Å². The molecule has 0 fully saturated rings. The first-order chi connectivity index (χ1) is 18.0. The van der Waals surface area contributed by atoms with Gasteiger partial charge in [0.2, 0.25) is 0 Å². The van der Waals surface area contributed by atoms with Crippen LogP contribution in [-0.2, 0) is 9.53 Å². The molecule has 0 rings (SSSR count). The van der Waals surface area contributed by atoms with Crippen LogP contribution in [0, 0.1) is 0 Å². The van der Waals surface area contributed by atoms with Crippen LogP contribution in [0.3, 0.4) is 0 Å². The first-order valence-corrected chi connectivity index (χ1v) is 12.1. The van der Waals surface area contributed by atoms with E-state index >= 15 is 0 Å². The van der Waals surface area contributed by atoms with Crippen molar-refractivity contribution < 1.29 is 14.6 Å². The first kappa shape index (κ1) is 70.1. The molecule has 0 aromatic rings. The number of aliphatic hydroxyl groups excluding tert-OH is 1. The number of rotatable bonds is 3. The van der Waals surface area contributed by atoms with Crippen LogP contribution < -0.4 is 0 Å². The number of carbonyl (C=O) groups excluding carboxylic acids is 1. The average Bonchev–Trinajstić information content (AvgIpc) is 2.83. The quantitative estimate of drug-likeness (QED) is 0.221. The number of aliphatic hydroxyl groups is 1. The normalized spacial score (nSPS) is 5.13. The van der Waals surface area contributed by atoms with Crippen molar-refractivity contribution in [2.75, 3.05) is 13.2 Å². The van der Waals surface area contributed by atoms with E-state index in [-0.39, 0.29) is 13.2 Å². The fraction of sp³-hybridized carbons (Fsp3) is 0.343. The Kier molecular flexibility index (Phi) is 357. The fourth-order valence-electron chi connectivity index (χ4n) is 0.205. The third-order valence-electron chi connectivity index (χ3n) is 0.502. The lowest BCUT2D eigenvalue weighted by atomic mass is 10.6. The molecule has 0 saturated carbocycles. The van der Waals surface area contributed by atoms with Gasteiger partial charge in [-0.25, -0.2) is 4.79 Å². The Labute approximate surface area is 242 Å². The molecule has 38 heavy (non-hydrogen) atoms. The molecule has 0 spiro atoms. The summed E-state index contributed by atoms with van der Waals surface area (Å²) in [6.07, 6.45) is 18.6. The van der Waals surface area contributed by atoms with Crippen molar-refractivity contribution in [2.24, 2.45) is 0 Å². The molecule has 0 amide bonds. The Morgan fingerprint density at radius 1 is 0.474 bits per heavy atom. The second kappa shape index (κ2) is 193. The predicted molar refractivity (Wildman–Crippen MR) is 187 cm³/mol. The van der Waals surface area contributed by atoms with Crippen LogP contribution in [0.4, 0.5) is 0 Å². The van der Waals surface area contributed by atoms with E-state index in [1.807, 2.05) is 69.2 Å². The van der Waals surface area contributed by atoms with E-state index in [4.69, 9.17) is 5.11 Å². The summed E-state index contributed by atoms with van der Waals surface area (Å²) in [6.45, 7) is 55.6. The van der Waals surface area contributed by atoms with Crippen LogP contribution in [0.1, 0.15) is 69.2 Å². The SMILES string of the molecule is C=CC.C=CC.C=CC.C=CC.C=CC.C=CC.C=CC.C=CC.C=CC.C=CC.C=CC(=O)OCCO. The summed E-state index contributed by atoms with van der Waals surface area (Å²) in [6, 6.07) is 0. The summed E-state index contributed by atoms with van der Waals surface area (Å²) >= 11 is 0. The molecule has 0 saturated heterocycles. The summed E-state index contributed by atoms with van der Waals surface area (Å²) in [4.78, 5) is 10.1. The second-order valence-electron chi connectivity index (χ2n) is 5.18. The van der Waals surface area contributed by atoms with Crippen LogP contribution in [-0.4, -0.2) is 24.3 Å². The van der Waals surface area contributed by atoms with Gasteiger partial charge in [-0.1, -0.05) is 67.3 Å². The highest BCUT2D eigenvalue weighted by atomic mass is 16.5. The minimum absolute atomic E-state index is 0.0465. The number of esters is 1. The minimum atomic E-state index is -0.501. The van der Waals surface area contributed by atoms with Crippen molar-refractivity contribution in [3.05, 3.63) is 139 Å². The highest BCUT2D eigenvalue weighted by Gasteiger charge is 1.90. The second-order valence-corrected chi connectivity index (χ2v) is 5.18. The van der Waals surface area contributed by atoms with Gasteiger partial charge in [-0.05, 0) is 69.2 Å².